The molecule has 7 heteroatoms. The van der Waals surface area contributed by atoms with Gasteiger partial charge in [-0.05, 0) is 32.4 Å². The van der Waals surface area contributed by atoms with Crippen LogP contribution in [-0.2, 0) is 9.53 Å². The number of rotatable bonds is 6. The third-order valence-corrected chi connectivity index (χ3v) is 3.16. The molecule has 0 aliphatic carbocycles. The number of benzene rings is 1. The number of amides is 1. The first kappa shape index (κ1) is 16.7. The van der Waals surface area contributed by atoms with Crippen molar-refractivity contribution in [3.05, 3.63) is 41.7 Å². The predicted molar refractivity (Wildman–Crippen MR) is 84.3 cm³/mol. The highest BCUT2D eigenvalue weighted by Gasteiger charge is 2.23. The summed E-state index contributed by atoms with van der Waals surface area (Å²) in [5.41, 5.74) is 1.28. The summed E-state index contributed by atoms with van der Waals surface area (Å²) in [5.74, 6) is -0.989. The largest absolute Gasteiger partial charge is 0.448 e. The van der Waals surface area contributed by atoms with Crippen LogP contribution in [0.15, 0.2) is 30.3 Å². The Kier molecular flexibility index (Phi) is 5.46. The molecule has 7 nitrogen and oxygen atoms in total. The van der Waals surface area contributed by atoms with E-state index in [-0.39, 0.29) is 11.6 Å². The molecule has 0 fully saturated rings. The second-order valence-corrected chi connectivity index (χ2v) is 5.10. The Morgan fingerprint density at radius 2 is 1.96 bits per heavy atom. The zero-order chi connectivity index (χ0) is 16.8. The van der Waals surface area contributed by atoms with Crippen LogP contribution in [-0.4, -0.2) is 39.5 Å². The number of para-hydroxylation sites is 1. The molecular weight excluding hydrogens is 296 g/mol. The zero-order valence-electron chi connectivity index (χ0n) is 13.4. The lowest BCUT2D eigenvalue weighted by Crippen LogP contribution is -2.36. The first-order valence-corrected chi connectivity index (χ1v) is 7.51. The number of nitrogens with one attached hydrogen (secondary N) is 1. The van der Waals surface area contributed by atoms with E-state index in [1.165, 1.54) is 11.7 Å². The van der Waals surface area contributed by atoms with Crippen LogP contribution in [0.3, 0.4) is 0 Å². The van der Waals surface area contributed by atoms with Crippen molar-refractivity contribution in [3.63, 3.8) is 0 Å². The summed E-state index contributed by atoms with van der Waals surface area (Å²) < 4.78 is 5.16. The highest BCUT2D eigenvalue weighted by Crippen LogP contribution is 2.10. The van der Waals surface area contributed by atoms with Gasteiger partial charge in [-0.3, -0.25) is 4.79 Å². The van der Waals surface area contributed by atoms with E-state index in [1.807, 2.05) is 37.3 Å². The fraction of sp³-hybridized carbons (Fsp3) is 0.375. The second kappa shape index (κ2) is 7.53. The average molecular weight is 316 g/mol. The van der Waals surface area contributed by atoms with Crippen LogP contribution in [0.5, 0.6) is 0 Å². The number of carbonyl (C=O) groups excluding carboxylic acids is 2. The molecule has 0 aliphatic rings. The predicted octanol–water partition coefficient (Wildman–Crippen LogP) is 1.65. The third-order valence-electron chi connectivity index (χ3n) is 3.16. The Morgan fingerprint density at radius 1 is 1.26 bits per heavy atom. The lowest BCUT2D eigenvalue weighted by atomic mass is 10.3. The molecule has 1 heterocycles. The van der Waals surface area contributed by atoms with E-state index in [9.17, 15) is 9.59 Å². The number of aryl methyl sites for hydroxylation is 1. The summed E-state index contributed by atoms with van der Waals surface area (Å²) in [6, 6.07) is 9.24. The van der Waals surface area contributed by atoms with E-state index < -0.39 is 12.1 Å². The Labute approximate surface area is 134 Å². The molecule has 0 saturated carbocycles. The summed E-state index contributed by atoms with van der Waals surface area (Å²) >= 11 is 0. The molecule has 2 aromatic rings. The van der Waals surface area contributed by atoms with Crippen LogP contribution < -0.4 is 5.32 Å². The number of esters is 1. The van der Waals surface area contributed by atoms with E-state index in [2.05, 4.69) is 15.5 Å². The maximum Gasteiger partial charge on any atom is 0.361 e. The van der Waals surface area contributed by atoms with Gasteiger partial charge in [-0.15, -0.1) is 5.10 Å². The number of nitrogens with zero attached hydrogens (tertiary/aromatic N) is 3. The van der Waals surface area contributed by atoms with Gasteiger partial charge in [0.1, 0.15) is 0 Å². The normalized spacial score (nSPS) is 11.8. The van der Waals surface area contributed by atoms with Gasteiger partial charge in [0.25, 0.3) is 5.91 Å². The van der Waals surface area contributed by atoms with Gasteiger partial charge in [0, 0.05) is 6.54 Å². The van der Waals surface area contributed by atoms with Gasteiger partial charge < -0.3 is 10.1 Å². The molecule has 0 radical (unpaired) electrons. The van der Waals surface area contributed by atoms with E-state index in [4.69, 9.17) is 4.74 Å². The average Bonchev–Trinajstić information content (AvgIpc) is 2.95. The zero-order valence-corrected chi connectivity index (χ0v) is 13.4. The summed E-state index contributed by atoms with van der Waals surface area (Å²) in [5, 5.41) is 11.0. The Bertz CT molecular complexity index is 682. The molecule has 0 saturated heterocycles. The molecule has 122 valence electrons. The molecule has 0 spiro atoms. The van der Waals surface area contributed by atoms with Crippen molar-refractivity contribution in [2.75, 3.05) is 6.54 Å². The highest BCUT2D eigenvalue weighted by atomic mass is 16.5. The van der Waals surface area contributed by atoms with Crippen molar-refractivity contribution in [1.82, 2.24) is 20.3 Å². The molecule has 0 bridgehead atoms. The van der Waals surface area contributed by atoms with Crippen LogP contribution in [0.1, 0.15) is 36.5 Å². The Morgan fingerprint density at radius 3 is 2.61 bits per heavy atom. The number of carbonyl (C=O) groups is 2. The van der Waals surface area contributed by atoms with Crippen molar-refractivity contribution in [2.24, 2.45) is 0 Å². The van der Waals surface area contributed by atoms with E-state index in [1.54, 1.807) is 6.92 Å². The molecule has 23 heavy (non-hydrogen) atoms. The topological polar surface area (TPSA) is 86.1 Å². The van der Waals surface area contributed by atoms with Crippen LogP contribution in [0.4, 0.5) is 0 Å². The van der Waals surface area contributed by atoms with Gasteiger partial charge in [0.05, 0.1) is 11.4 Å². The van der Waals surface area contributed by atoms with E-state index >= 15 is 0 Å². The highest BCUT2D eigenvalue weighted by molar-refractivity contribution is 5.91. The minimum atomic E-state index is -0.879. The van der Waals surface area contributed by atoms with Crippen LogP contribution in [0, 0.1) is 6.92 Å². The lowest BCUT2D eigenvalue weighted by Gasteiger charge is -2.12. The fourth-order valence-electron chi connectivity index (χ4n) is 1.91. The Hall–Kier alpha value is -2.70. The molecule has 1 aromatic heterocycles. The monoisotopic (exact) mass is 316 g/mol. The third kappa shape index (κ3) is 4.15. The molecule has 2 rings (SSSR count). The molecule has 1 N–H and O–H groups in total. The molecular formula is C16H20N4O3. The van der Waals surface area contributed by atoms with Gasteiger partial charge >= 0.3 is 5.97 Å². The van der Waals surface area contributed by atoms with Crippen LogP contribution in [0.25, 0.3) is 5.69 Å². The summed E-state index contributed by atoms with van der Waals surface area (Å²) in [6.45, 7) is 5.69. The molecule has 0 aliphatic heterocycles. The molecule has 1 atom stereocenters. The van der Waals surface area contributed by atoms with Gasteiger partial charge in [0.2, 0.25) is 0 Å². The number of hydrogen-bond acceptors (Lipinski definition) is 5. The number of hydrogen-bond donors (Lipinski definition) is 1. The van der Waals surface area contributed by atoms with Gasteiger partial charge in [0.15, 0.2) is 11.8 Å². The van der Waals surface area contributed by atoms with Crippen molar-refractivity contribution in [2.45, 2.75) is 33.3 Å². The lowest BCUT2D eigenvalue weighted by molar-refractivity contribution is -0.129. The van der Waals surface area contributed by atoms with Crippen molar-refractivity contribution in [1.29, 1.82) is 0 Å². The van der Waals surface area contributed by atoms with Gasteiger partial charge in [-0.2, -0.15) is 9.90 Å². The van der Waals surface area contributed by atoms with E-state index in [0.29, 0.717) is 12.2 Å². The first-order valence-electron chi connectivity index (χ1n) is 7.51. The fourth-order valence-corrected chi connectivity index (χ4v) is 1.91. The van der Waals surface area contributed by atoms with Gasteiger partial charge in [-0.25, -0.2) is 4.79 Å². The van der Waals surface area contributed by atoms with Crippen molar-refractivity contribution < 1.29 is 14.3 Å². The van der Waals surface area contributed by atoms with Crippen LogP contribution >= 0.6 is 0 Å². The maximum absolute atomic E-state index is 12.2. The molecule has 0 unspecified atom stereocenters. The SMILES string of the molecule is CCCNC(=O)[C@@H](C)OC(=O)c1nn(-c2ccccc2)nc1C. The molecule has 1 amide bonds. The quantitative estimate of drug-likeness (QED) is 0.819. The van der Waals surface area contributed by atoms with E-state index in [0.717, 1.165) is 12.1 Å². The van der Waals surface area contributed by atoms with Crippen molar-refractivity contribution >= 4 is 11.9 Å². The van der Waals surface area contributed by atoms with Gasteiger partial charge in [-0.1, -0.05) is 25.1 Å². The maximum atomic E-state index is 12.2. The smallest absolute Gasteiger partial charge is 0.361 e. The Balaban J connectivity index is 2.08. The van der Waals surface area contributed by atoms with Crippen LogP contribution in [0.2, 0.25) is 0 Å². The summed E-state index contributed by atoms with van der Waals surface area (Å²) in [4.78, 5) is 25.3. The standard InChI is InChI=1S/C16H20N4O3/c1-4-10-17-15(21)12(3)23-16(22)14-11(2)18-20(19-14)13-8-6-5-7-9-13/h5-9,12H,4,10H2,1-3H3,(H,17,21)/t12-/m1/s1. The van der Waals surface area contributed by atoms with Crippen molar-refractivity contribution in [3.8, 4) is 5.69 Å². The minimum absolute atomic E-state index is 0.101. The minimum Gasteiger partial charge on any atom is -0.448 e. The molecule has 1 aromatic carbocycles. The first-order chi connectivity index (χ1) is 11.0. The summed E-state index contributed by atoms with van der Waals surface area (Å²) in [7, 11) is 0. The second-order valence-electron chi connectivity index (χ2n) is 5.10. The summed E-state index contributed by atoms with van der Waals surface area (Å²) in [6.07, 6.45) is -0.0629. The number of aromatic nitrogens is 3. The number of ether oxygens (including phenoxy) is 1.